The molecule has 130 valence electrons. The molecular weight excluding hydrogens is 332 g/mol. The van der Waals surface area contributed by atoms with Gasteiger partial charge in [0.1, 0.15) is 4.21 Å². The Morgan fingerprint density at radius 3 is 3.00 bits per heavy atom. The fourth-order valence-electron chi connectivity index (χ4n) is 2.64. The number of sulfonamides is 1. The summed E-state index contributed by atoms with van der Waals surface area (Å²) >= 11 is 1.22. The third-order valence-electron chi connectivity index (χ3n) is 3.72. The maximum absolute atomic E-state index is 12.0. The van der Waals surface area contributed by atoms with Gasteiger partial charge in [0, 0.05) is 26.2 Å². The van der Waals surface area contributed by atoms with Crippen LogP contribution in [0.25, 0.3) is 0 Å². The molecule has 1 aromatic rings. The second-order valence-electron chi connectivity index (χ2n) is 5.76. The Morgan fingerprint density at radius 2 is 2.35 bits per heavy atom. The predicted octanol–water partition coefficient (Wildman–Crippen LogP) is 1.72. The van der Waals surface area contributed by atoms with Gasteiger partial charge in [-0.2, -0.15) is 0 Å². The van der Waals surface area contributed by atoms with Crippen LogP contribution in [-0.4, -0.2) is 52.0 Å². The molecule has 1 unspecified atom stereocenters. The molecule has 1 aromatic heterocycles. The van der Waals surface area contributed by atoms with Crippen molar-refractivity contribution in [1.82, 2.24) is 14.9 Å². The largest absolute Gasteiger partial charge is 0.357 e. The molecule has 0 aliphatic carbocycles. The molecule has 2 rings (SSSR count). The van der Waals surface area contributed by atoms with Gasteiger partial charge in [-0.25, -0.2) is 13.1 Å². The van der Waals surface area contributed by atoms with E-state index in [1.165, 1.54) is 24.2 Å². The summed E-state index contributed by atoms with van der Waals surface area (Å²) in [7, 11) is -3.40. The molecule has 1 fully saturated rings. The van der Waals surface area contributed by atoms with Gasteiger partial charge < -0.3 is 10.2 Å². The van der Waals surface area contributed by atoms with Crippen LogP contribution in [0.2, 0.25) is 0 Å². The summed E-state index contributed by atoms with van der Waals surface area (Å²) in [6.07, 6.45) is 2.44. The van der Waals surface area contributed by atoms with Crippen molar-refractivity contribution < 1.29 is 8.42 Å². The summed E-state index contributed by atoms with van der Waals surface area (Å²) in [6, 6.07) is 3.34. The standard InChI is InChI=1S/C15H26N4O2S2/c1-3-16-15(19-10-4-6-13(2)12-19)17-8-9-18-23(20,21)14-7-5-11-22-14/h5,7,11,13,18H,3-4,6,8-10,12H2,1-2H3,(H,16,17). The zero-order valence-corrected chi connectivity index (χ0v) is 15.4. The van der Waals surface area contributed by atoms with Gasteiger partial charge in [0.05, 0.1) is 6.54 Å². The zero-order chi connectivity index (χ0) is 16.7. The lowest BCUT2D eigenvalue weighted by Gasteiger charge is -2.33. The smallest absolute Gasteiger partial charge is 0.250 e. The molecule has 1 saturated heterocycles. The Labute approximate surface area is 143 Å². The van der Waals surface area contributed by atoms with Crippen molar-refractivity contribution in [1.29, 1.82) is 0 Å². The lowest BCUT2D eigenvalue weighted by Crippen LogP contribution is -2.46. The van der Waals surface area contributed by atoms with Crippen LogP contribution in [0.3, 0.4) is 0 Å². The Balaban J connectivity index is 1.88. The molecule has 0 radical (unpaired) electrons. The van der Waals surface area contributed by atoms with Crippen molar-refractivity contribution >= 4 is 27.3 Å². The maximum atomic E-state index is 12.0. The van der Waals surface area contributed by atoms with Crippen LogP contribution in [0.1, 0.15) is 26.7 Å². The fraction of sp³-hybridized carbons (Fsp3) is 0.667. The van der Waals surface area contributed by atoms with Crippen molar-refractivity contribution in [2.45, 2.75) is 30.9 Å². The highest BCUT2D eigenvalue weighted by atomic mass is 32.2. The zero-order valence-electron chi connectivity index (χ0n) is 13.8. The van der Waals surface area contributed by atoms with Gasteiger partial charge in [-0.15, -0.1) is 11.3 Å². The lowest BCUT2D eigenvalue weighted by molar-refractivity contribution is 0.266. The van der Waals surface area contributed by atoms with E-state index >= 15 is 0 Å². The molecule has 0 saturated carbocycles. The summed E-state index contributed by atoms with van der Waals surface area (Å²) in [5.41, 5.74) is 0. The molecule has 0 aromatic carbocycles. The van der Waals surface area contributed by atoms with Crippen LogP contribution in [-0.2, 0) is 10.0 Å². The van der Waals surface area contributed by atoms with Crippen molar-refractivity contribution in [3.05, 3.63) is 17.5 Å². The number of hydrogen-bond donors (Lipinski definition) is 2. The first-order chi connectivity index (χ1) is 11.0. The quantitative estimate of drug-likeness (QED) is 0.461. The number of piperidine rings is 1. The van der Waals surface area contributed by atoms with E-state index in [2.05, 4.69) is 26.9 Å². The van der Waals surface area contributed by atoms with Gasteiger partial charge in [0.15, 0.2) is 5.96 Å². The van der Waals surface area contributed by atoms with E-state index in [1.54, 1.807) is 17.5 Å². The van der Waals surface area contributed by atoms with Crippen LogP contribution in [0.15, 0.2) is 26.7 Å². The molecule has 8 heteroatoms. The van der Waals surface area contributed by atoms with Crippen molar-refractivity contribution in [3.63, 3.8) is 0 Å². The third-order valence-corrected chi connectivity index (χ3v) is 6.58. The molecule has 23 heavy (non-hydrogen) atoms. The molecule has 6 nitrogen and oxygen atoms in total. The molecule has 1 aliphatic heterocycles. The average molecular weight is 359 g/mol. The lowest BCUT2D eigenvalue weighted by atomic mass is 10.0. The second kappa shape index (κ2) is 8.65. The predicted molar refractivity (Wildman–Crippen MR) is 95.5 cm³/mol. The number of aliphatic imine (C=N–C) groups is 1. The van der Waals surface area contributed by atoms with Crippen molar-refractivity contribution in [3.8, 4) is 0 Å². The van der Waals surface area contributed by atoms with E-state index in [0.29, 0.717) is 23.2 Å². The summed E-state index contributed by atoms with van der Waals surface area (Å²) < 4.78 is 27.0. The first-order valence-corrected chi connectivity index (χ1v) is 10.5. The van der Waals surface area contributed by atoms with E-state index in [4.69, 9.17) is 0 Å². The maximum Gasteiger partial charge on any atom is 0.250 e. The van der Waals surface area contributed by atoms with Crippen LogP contribution in [0.4, 0.5) is 0 Å². The van der Waals surface area contributed by atoms with Gasteiger partial charge >= 0.3 is 0 Å². The number of rotatable bonds is 6. The third kappa shape index (κ3) is 5.47. The van der Waals surface area contributed by atoms with Crippen molar-refractivity contribution in [2.24, 2.45) is 10.9 Å². The summed E-state index contributed by atoms with van der Waals surface area (Å²) in [4.78, 5) is 6.83. The molecular formula is C15H26N4O2S2. The monoisotopic (exact) mass is 358 g/mol. The van der Waals surface area contributed by atoms with Gasteiger partial charge in [-0.3, -0.25) is 4.99 Å². The Kier molecular flexibility index (Phi) is 6.86. The molecule has 2 heterocycles. The second-order valence-corrected chi connectivity index (χ2v) is 8.70. The highest BCUT2D eigenvalue weighted by molar-refractivity contribution is 7.91. The van der Waals surface area contributed by atoms with E-state index in [9.17, 15) is 8.42 Å². The minimum atomic E-state index is -3.40. The molecule has 2 N–H and O–H groups in total. The van der Waals surface area contributed by atoms with E-state index in [0.717, 1.165) is 25.6 Å². The normalized spacial score (nSPS) is 19.8. The minimum absolute atomic E-state index is 0.304. The van der Waals surface area contributed by atoms with E-state index < -0.39 is 10.0 Å². The molecule has 0 spiro atoms. The fourth-order valence-corrected chi connectivity index (χ4v) is 4.70. The van der Waals surface area contributed by atoms with Crippen LogP contribution in [0.5, 0.6) is 0 Å². The van der Waals surface area contributed by atoms with Crippen LogP contribution in [0, 0.1) is 5.92 Å². The number of nitrogens with one attached hydrogen (secondary N) is 2. The van der Waals surface area contributed by atoms with Crippen molar-refractivity contribution in [2.75, 3.05) is 32.7 Å². The molecule has 0 bridgehead atoms. The highest BCUT2D eigenvalue weighted by Gasteiger charge is 2.19. The molecule has 0 amide bonds. The van der Waals surface area contributed by atoms with Gasteiger partial charge in [0.25, 0.3) is 0 Å². The summed E-state index contributed by atoms with van der Waals surface area (Å²) in [5.74, 6) is 1.55. The Bertz CT molecular complexity index is 599. The number of hydrogen-bond acceptors (Lipinski definition) is 4. The minimum Gasteiger partial charge on any atom is -0.357 e. The van der Waals surface area contributed by atoms with Gasteiger partial charge in [-0.05, 0) is 37.1 Å². The van der Waals surface area contributed by atoms with E-state index in [-0.39, 0.29) is 0 Å². The highest BCUT2D eigenvalue weighted by Crippen LogP contribution is 2.16. The summed E-state index contributed by atoms with van der Waals surface area (Å²) in [6.45, 7) is 7.86. The molecule has 1 atom stereocenters. The number of thiophene rings is 1. The average Bonchev–Trinajstić information content (AvgIpc) is 3.05. The van der Waals surface area contributed by atoms with Gasteiger partial charge in [-0.1, -0.05) is 13.0 Å². The number of likely N-dealkylation sites (tertiary alicyclic amines) is 1. The van der Waals surface area contributed by atoms with Crippen LogP contribution >= 0.6 is 11.3 Å². The van der Waals surface area contributed by atoms with E-state index in [1.807, 2.05) is 6.92 Å². The first kappa shape index (κ1) is 18.2. The van der Waals surface area contributed by atoms with Crippen LogP contribution < -0.4 is 10.0 Å². The SMILES string of the molecule is CCNC(=NCCNS(=O)(=O)c1cccs1)N1CCCC(C)C1. The summed E-state index contributed by atoms with van der Waals surface area (Å²) in [5, 5.41) is 5.06. The Hall–Kier alpha value is -1.12. The first-order valence-electron chi connectivity index (χ1n) is 8.09. The van der Waals surface area contributed by atoms with Gasteiger partial charge in [0.2, 0.25) is 10.0 Å². The number of guanidine groups is 1. The number of nitrogens with zero attached hydrogens (tertiary/aromatic N) is 2. The Morgan fingerprint density at radius 1 is 1.52 bits per heavy atom. The molecule has 1 aliphatic rings. The topological polar surface area (TPSA) is 73.8 Å².